The van der Waals surface area contributed by atoms with Crippen molar-refractivity contribution in [3.63, 3.8) is 0 Å². The molecule has 0 saturated carbocycles. The third-order valence-electron chi connectivity index (χ3n) is 3.87. The fourth-order valence-corrected chi connectivity index (χ4v) is 5.17. The molecule has 3 rings (SSSR count). The second kappa shape index (κ2) is 6.99. The lowest BCUT2D eigenvalue weighted by atomic mass is 10.2. The lowest BCUT2D eigenvalue weighted by molar-refractivity contribution is 0.439. The van der Waals surface area contributed by atoms with E-state index in [1.165, 1.54) is 0 Å². The van der Waals surface area contributed by atoms with E-state index in [0.717, 1.165) is 22.8 Å². The van der Waals surface area contributed by atoms with Crippen LogP contribution < -0.4 is 15.7 Å². The van der Waals surface area contributed by atoms with Gasteiger partial charge in [0.1, 0.15) is 5.76 Å². The van der Waals surface area contributed by atoms with Gasteiger partial charge in [0.2, 0.25) is 7.29 Å². The molecule has 0 aliphatic carbocycles. The minimum Gasteiger partial charge on any atom is -0.468 e. The number of hydrogen-bond donors (Lipinski definition) is 1. The second-order valence-corrected chi connectivity index (χ2v) is 7.90. The van der Waals surface area contributed by atoms with E-state index in [-0.39, 0.29) is 6.04 Å². The molecule has 1 heterocycles. The van der Waals surface area contributed by atoms with Gasteiger partial charge in [0.05, 0.1) is 12.3 Å². The van der Waals surface area contributed by atoms with Gasteiger partial charge in [-0.05, 0) is 42.8 Å². The maximum atomic E-state index is 13.9. The zero-order valence-electron chi connectivity index (χ0n) is 13.1. The van der Waals surface area contributed by atoms with Gasteiger partial charge < -0.3 is 4.42 Å². The van der Waals surface area contributed by atoms with Crippen molar-refractivity contribution in [3.05, 3.63) is 84.8 Å². The predicted molar refractivity (Wildman–Crippen MR) is 94.6 cm³/mol. The van der Waals surface area contributed by atoms with E-state index in [4.69, 9.17) is 4.42 Å². The molecule has 4 heteroatoms. The van der Waals surface area contributed by atoms with Crippen molar-refractivity contribution < 1.29 is 8.98 Å². The Bertz CT molecular complexity index is 726. The first kappa shape index (κ1) is 15.8. The summed E-state index contributed by atoms with van der Waals surface area (Å²) in [4.78, 5) is 0. The first-order chi connectivity index (χ1) is 11.2. The summed E-state index contributed by atoms with van der Waals surface area (Å²) >= 11 is 0. The molecule has 2 aromatic carbocycles. The van der Waals surface area contributed by atoms with Crippen molar-refractivity contribution in [1.82, 2.24) is 5.09 Å². The summed E-state index contributed by atoms with van der Waals surface area (Å²) in [6, 6.07) is 22.9. The zero-order valence-corrected chi connectivity index (χ0v) is 13.9. The van der Waals surface area contributed by atoms with Gasteiger partial charge in [-0.2, -0.15) is 0 Å². The molecule has 0 fully saturated rings. The van der Waals surface area contributed by atoms with E-state index < -0.39 is 7.29 Å². The van der Waals surface area contributed by atoms with Crippen LogP contribution in [0.2, 0.25) is 0 Å². The standard InChI is InChI=1S/C19H20NO2P/c1-2-18(19-14-9-15-22-19)20-23(21,16-10-5-3-6-11-16)17-12-7-4-8-13-17/h3-15,18H,2H2,1H3,(H,20,21). The van der Waals surface area contributed by atoms with E-state index >= 15 is 0 Å². The number of rotatable bonds is 6. The van der Waals surface area contributed by atoms with Crippen LogP contribution in [0.25, 0.3) is 0 Å². The van der Waals surface area contributed by atoms with Crippen molar-refractivity contribution in [2.45, 2.75) is 19.4 Å². The van der Waals surface area contributed by atoms with Crippen molar-refractivity contribution >= 4 is 17.9 Å². The highest BCUT2D eigenvalue weighted by molar-refractivity contribution is 7.76. The lowest BCUT2D eigenvalue weighted by Crippen LogP contribution is -2.30. The molecular weight excluding hydrogens is 305 g/mol. The largest absolute Gasteiger partial charge is 0.468 e. The van der Waals surface area contributed by atoms with Crippen molar-refractivity contribution in [3.8, 4) is 0 Å². The highest BCUT2D eigenvalue weighted by Crippen LogP contribution is 2.42. The fraction of sp³-hybridized carbons (Fsp3) is 0.158. The first-order valence-corrected chi connectivity index (χ1v) is 9.47. The molecule has 118 valence electrons. The molecule has 0 bridgehead atoms. The maximum Gasteiger partial charge on any atom is 0.205 e. The Kier molecular flexibility index (Phi) is 4.80. The molecule has 3 aromatic rings. The van der Waals surface area contributed by atoms with Crippen molar-refractivity contribution in [1.29, 1.82) is 0 Å². The summed E-state index contributed by atoms with van der Waals surface area (Å²) in [6.07, 6.45) is 2.44. The Balaban J connectivity index is 2.04. The van der Waals surface area contributed by atoms with Crippen LogP contribution in [0.3, 0.4) is 0 Å². The van der Waals surface area contributed by atoms with Gasteiger partial charge in [0.15, 0.2) is 0 Å². The number of hydrogen-bond acceptors (Lipinski definition) is 2. The van der Waals surface area contributed by atoms with Gasteiger partial charge in [-0.1, -0.05) is 43.3 Å². The van der Waals surface area contributed by atoms with Crippen LogP contribution in [0.1, 0.15) is 25.1 Å². The van der Waals surface area contributed by atoms with Gasteiger partial charge in [0.25, 0.3) is 0 Å². The Morgan fingerprint density at radius 3 is 1.91 bits per heavy atom. The normalized spacial score (nSPS) is 12.9. The quantitative estimate of drug-likeness (QED) is 0.689. The molecule has 23 heavy (non-hydrogen) atoms. The molecule has 0 saturated heterocycles. The van der Waals surface area contributed by atoms with Gasteiger partial charge in [-0.25, -0.2) is 5.09 Å². The van der Waals surface area contributed by atoms with E-state index in [1.807, 2.05) is 72.8 Å². The summed E-state index contributed by atoms with van der Waals surface area (Å²) < 4.78 is 19.4. The summed E-state index contributed by atoms with van der Waals surface area (Å²) in [5.74, 6) is 0.805. The second-order valence-electron chi connectivity index (χ2n) is 5.39. The molecule has 0 aliphatic heterocycles. The van der Waals surface area contributed by atoms with Crippen LogP contribution in [-0.4, -0.2) is 0 Å². The molecular formula is C19H20NO2P. The SMILES string of the molecule is CCC(NP(=O)(c1ccccc1)c1ccccc1)c1ccco1. The average molecular weight is 325 g/mol. The highest BCUT2D eigenvalue weighted by Gasteiger charge is 2.30. The van der Waals surface area contributed by atoms with E-state index in [0.29, 0.717) is 0 Å². The van der Waals surface area contributed by atoms with Crippen molar-refractivity contribution in [2.75, 3.05) is 0 Å². The minimum absolute atomic E-state index is 0.101. The number of nitrogens with one attached hydrogen (secondary N) is 1. The van der Waals surface area contributed by atoms with Gasteiger partial charge in [0, 0.05) is 10.6 Å². The van der Waals surface area contributed by atoms with E-state index in [2.05, 4.69) is 12.0 Å². The maximum absolute atomic E-state index is 13.9. The van der Waals surface area contributed by atoms with E-state index in [1.54, 1.807) is 6.26 Å². The first-order valence-electron chi connectivity index (χ1n) is 7.76. The highest BCUT2D eigenvalue weighted by atomic mass is 31.2. The summed E-state index contributed by atoms with van der Waals surface area (Å²) in [6.45, 7) is 2.06. The monoisotopic (exact) mass is 325 g/mol. The predicted octanol–water partition coefficient (Wildman–Crippen LogP) is 4.25. The summed E-state index contributed by atoms with van der Waals surface area (Å²) in [5, 5.41) is 4.98. The third-order valence-corrected chi connectivity index (χ3v) is 6.60. The molecule has 0 radical (unpaired) electrons. The molecule has 1 unspecified atom stereocenters. The van der Waals surface area contributed by atoms with E-state index in [9.17, 15) is 4.57 Å². The molecule has 0 aliphatic rings. The summed E-state index contributed by atoms with van der Waals surface area (Å²) in [7, 11) is -2.95. The number of furan rings is 1. The topological polar surface area (TPSA) is 42.2 Å². The molecule has 0 spiro atoms. The molecule has 1 aromatic heterocycles. The third kappa shape index (κ3) is 3.31. The Hall–Kier alpha value is -2.09. The Morgan fingerprint density at radius 1 is 0.913 bits per heavy atom. The van der Waals surface area contributed by atoms with Gasteiger partial charge in [-0.3, -0.25) is 4.57 Å². The van der Waals surface area contributed by atoms with Gasteiger partial charge >= 0.3 is 0 Å². The molecule has 3 nitrogen and oxygen atoms in total. The molecule has 1 N–H and O–H groups in total. The van der Waals surface area contributed by atoms with Crippen LogP contribution >= 0.6 is 7.29 Å². The lowest BCUT2D eigenvalue weighted by Gasteiger charge is -2.25. The van der Waals surface area contributed by atoms with Gasteiger partial charge in [-0.15, -0.1) is 0 Å². The minimum atomic E-state index is -2.95. The van der Waals surface area contributed by atoms with Crippen LogP contribution in [-0.2, 0) is 4.57 Å². The molecule has 0 amide bonds. The average Bonchev–Trinajstić information content (AvgIpc) is 3.15. The van der Waals surface area contributed by atoms with Crippen molar-refractivity contribution in [2.24, 2.45) is 0 Å². The Morgan fingerprint density at radius 2 is 1.48 bits per heavy atom. The zero-order chi connectivity index (χ0) is 16.1. The smallest absolute Gasteiger partial charge is 0.205 e. The number of benzene rings is 2. The summed E-state index contributed by atoms with van der Waals surface area (Å²) in [5.41, 5.74) is 0. The Labute approximate surface area is 136 Å². The van der Waals surface area contributed by atoms with Crippen LogP contribution in [0, 0.1) is 0 Å². The molecule has 1 atom stereocenters. The van der Waals surface area contributed by atoms with Crippen LogP contribution in [0.4, 0.5) is 0 Å². The van der Waals surface area contributed by atoms with Crippen LogP contribution in [0.5, 0.6) is 0 Å². The fourth-order valence-electron chi connectivity index (χ4n) is 2.64. The van der Waals surface area contributed by atoms with Crippen LogP contribution in [0.15, 0.2) is 83.5 Å².